The molecule has 3 nitrogen and oxygen atoms in total. The van der Waals surface area contributed by atoms with Crippen LogP contribution in [0, 0.1) is 0 Å². The van der Waals surface area contributed by atoms with Crippen LogP contribution in [0.4, 0.5) is 5.69 Å². The Labute approximate surface area is 136 Å². The normalized spacial score (nSPS) is 23.4. The Morgan fingerprint density at radius 1 is 1.38 bits per heavy atom. The summed E-state index contributed by atoms with van der Waals surface area (Å²) in [5.74, 6) is 0. The number of hydrogen-bond acceptors (Lipinski definition) is 3. The molecule has 0 bridgehead atoms. The van der Waals surface area contributed by atoms with Crippen LogP contribution in [0.15, 0.2) is 22.7 Å². The summed E-state index contributed by atoms with van der Waals surface area (Å²) in [7, 11) is 0. The smallest absolute Gasteiger partial charge is 0.0794 e. The molecule has 1 aliphatic rings. The Bertz CT molecular complexity index is 494. The van der Waals surface area contributed by atoms with Crippen molar-refractivity contribution >= 4 is 21.6 Å². The maximum atomic E-state index is 10.3. The molecule has 0 radical (unpaired) electrons. The van der Waals surface area contributed by atoms with Crippen LogP contribution in [0.1, 0.15) is 46.1 Å². The molecule has 21 heavy (non-hydrogen) atoms. The maximum Gasteiger partial charge on any atom is 0.0794 e. The average Bonchev–Trinajstić information content (AvgIpc) is 2.34. The first kappa shape index (κ1) is 16.8. The fourth-order valence-corrected chi connectivity index (χ4v) is 3.39. The van der Waals surface area contributed by atoms with E-state index in [9.17, 15) is 5.11 Å². The van der Waals surface area contributed by atoms with Gasteiger partial charge in [0.1, 0.15) is 0 Å². The summed E-state index contributed by atoms with van der Waals surface area (Å²) in [6.07, 6.45) is 1.92. The summed E-state index contributed by atoms with van der Waals surface area (Å²) in [6.45, 7) is 11.0. The Kier molecular flexibility index (Phi) is 5.01. The molecule has 1 atom stereocenters. The maximum absolute atomic E-state index is 10.3. The number of benzene rings is 1. The molecule has 0 spiro atoms. The fraction of sp³-hybridized carbons (Fsp3) is 0.647. The Hall–Kier alpha value is -0.580. The van der Waals surface area contributed by atoms with Crippen LogP contribution in [-0.4, -0.2) is 29.3 Å². The minimum atomic E-state index is -0.579. The molecule has 2 rings (SSSR count). The Morgan fingerprint density at radius 3 is 2.67 bits per heavy atom. The number of nitrogens with zero attached hydrogens (tertiary/aromatic N) is 1. The highest BCUT2D eigenvalue weighted by molar-refractivity contribution is 9.10. The Morgan fingerprint density at radius 2 is 2.10 bits per heavy atom. The third kappa shape index (κ3) is 4.97. The zero-order chi connectivity index (χ0) is 15.7. The van der Waals surface area contributed by atoms with Gasteiger partial charge in [-0.2, -0.15) is 0 Å². The molecule has 0 amide bonds. The van der Waals surface area contributed by atoms with Crippen molar-refractivity contribution in [3.05, 3.63) is 28.2 Å². The van der Waals surface area contributed by atoms with Crippen LogP contribution in [-0.2, 0) is 6.54 Å². The predicted molar refractivity (Wildman–Crippen MR) is 92.8 cm³/mol. The minimum absolute atomic E-state index is 0.122. The van der Waals surface area contributed by atoms with Crippen molar-refractivity contribution in [3.8, 4) is 0 Å². The molecule has 0 aliphatic carbocycles. The SMILES string of the molecule is CC1(O)CCCN(c2ccc(CNC(C)(C)C)cc2Br)C1. The number of nitrogens with one attached hydrogen (secondary N) is 1. The summed E-state index contributed by atoms with van der Waals surface area (Å²) >= 11 is 3.69. The first-order valence-electron chi connectivity index (χ1n) is 7.67. The Balaban J connectivity index is 2.09. The number of aliphatic hydroxyl groups is 1. The molecule has 1 fully saturated rings. The quantitative estimate of drug-likeness (QED) is 0.868. The van der Waals surface area contributed by atoms with Crippen molar-refractivity contribution in [2.24, 2.45) is 0 Å². The number of piperidine rings is 1. The molecule has 4 heteroatoms. The van der Waals surface area contributed by atoms with Crippen molar-refractivity contribution in [1.82, 2.24) is 5.32 Å². The van der Waals surface area contributed by atoms with Crippen LogP contribution in [0.25, 0.3) is 0 Å². The van der Waals surface area contributed by atoms with Crippen LogP contribution in [0.5, 0.6) is 0 Å². The lowest BCUT2D eigenvalue weighted by Crippen LogP contribution is -2.46. The highest BCUT2D eigenvalue weighted by Crippen LogP contribution is 2.32. The molecule has 2 N–H and O–H groups in total. The monoisotopic (exact) mass is 354 g/mol. The zero-order valence-electron chi connectivity index (χ0n) is 13.5. The lowest BCUT2D eigenvalue weighted by atomic mass is 9.94. The van der Waals surface area contributed by atoms with Gasteiger partial charge in [0.2, 0.25) is 0 Å². The number of halogens is 1. The van der Waals surface area contributed by atoms with Crippen LogP contribution >= 0.6 is 15.9 Å². The van der Waals surface area contributed by atoms with Crippen molar-refractivity contribution in [2.75, 3.05) is 18.0 Å². The molecule has 1 aliphatic heterocycles. The third-order valence-electron chi connectivity index (χ3n) is 3.85. The molecular formula is C17H27BrN2O. The average molecular weight is 355 g/mol. The minimum Gasteiger partial charge on any atom is -0.388 e. The molecule has 1 heterocycles. The van der Waals surface area contributed by atoms with Crippen molar-refractivity contribution in [1.29, 1.82) is 0 Å². The van der Waals surface area contributed by atoms with E-state index in [1.54, 1.807) is 0 Å². The number of rotatable bonds is 3. The van der Waals surface area contributed by atoms with E-state index in [1.165, 1.54) is 11.3 Å². The van der Waals surface area contributed by atoms with E-state index in [2.05, 4.69) is 65.1 Å². The highest BCUT2D eigenvalue weighted by atomic mass is 79.9. The van der Waals surface area contributed by atoms with Gasteiger partial charge in [-0.15, -0.1) is 0 Å². The second kappa shape index (κ2) is 6.27. The molecule has 0 aromatic heterocycles. The molecule has 1 aromatic rings. The van der Waals surface area contributed by atoms with Gasteiger partial charge in [-0.3, -0.25) is 0 Å². The van der Waals surface area contributed by atoms with E-state index in [0.29, 0.717) is 6.54 Å². The summed E-state index contributed by atoms with van der Waals surface area (Å²) in [6, 6.07) is 6.50. The topological polar surface area (TPSA) is 35.5 Å². The van der Waals surface area contributed by atoms with Gasteiger partial charge in [-0.25, -0.2) is 0 Å². The standard InChI is InChI=1S/C17H27BrN2O/c1-16(2,3)19-11-13-6-7-15(14(18)10-13)20-9-5-8-17(4,21)12-20/h6-7,10,19,21H,5,8-9,11-12H2,1-4H3. The lowest BCUT2D eigenvalue weighted by molar-refractivity contribution is 0.0449. The van der Waals surface area contributed by atoms with Crippen LogP contribution in [0.3, 0.4) is 0 Å². The first-order chi connectivity index (χ1) is 9.66. The number of anilines is 1. The van der Waals surface area contributed by atoms with E-state index in [-0.39, 0.29) is 5.54 Å². The van der Waals surface area contributed by atoms with E-state index in [4.69, 9.17) is 0 Å². The van der Waals surface area contributed by atoms with Crippen molar-refractivity contribution in [2.45, 2.75) is 58.2 Å². The third-order valence-corrected chi connectivity index (χ3v) is 4.49. The summed E-state index contributed by atoms with van der Waals surface area (Å²) in [4.78, 5) is 2.27. The molecular weight excluding hydrogens is 328 g/mol. The van der Waals surface area contributed by atoms with E-state index in [0.717, 1.165) is 30.4 Å². The largest absolute Gasteiger partial charge is 0.388 e. The molecule has 1 aromatic carbocycles. The molecule has 0 saturated carbocycles. The van der Waals surface area contributed by atoms with E-state index >= 15 is 0 Å². The summed E-state index contributed by atoms with van der Waals surface area (Å²) in [5, 5.41) is 13.8. The molecule has 1 unspecified atom stereocenters. The summed E-state index contributed by atoms with van der Waals surface area (Å²) < 4.78 is 1.11. The van der Waals surface area contributed by atoms with Crippen LogP contribution < -0.4 is 10.2 Å². The van der Waals surface area contributed by atoms with E-state index < -0.39 is 5.60 Å². The van der Waals surface area contributed by atoms with Gasteiger partial charge in [0.05, 0.1) is 11.3 Å². The summed E-state index contributed by atoms with van der Waals surface area (Å²) in [5.41, 5.74) is 1.99. The van der Waals surface area contributed by atoms with Gasteiger partial charge in [-0.1, -0.05) is 6.07 Å². The second-order valence-corrected chi connectivity index (χ2v) is 8.27. The van der Waals surface area contributed by atoms with Crippen molar-refractivity contribution < 1.29 is 5.11 Å². The fourth-order valence-electron chi connectivity index (χ4n) is 2.71. The van der Waals surface area contributed by atoms with Gasteiger partial charge in [-0.05, 0) is 74.2 Å². The highest BCUT2D eigenvalue weighted by Gasteiger charge is 2.29. The van der Waals surface area contributed by atoms with Gasteiger partial charge in [0, 0.05) is 29.6 Å². The molecule has 1 saturated heterocycles. The number of β-amino-alcohol motifs (C(OH)–C–C–N with tert-alkyl or cyclic N) is 1. The first-order valence-corrected chi connectivity index (χ1v) is 8.46. The zero-order valence-corrected chi connectivity index (χ0v) is 15.1. The molecule has 118 valence electrons. The number of hydrogen-bond donors (Lipinski definition) is 2. The predicted octanol–water partition coefficient (Wildman–Crippen LogP) is 3.69. The lowest BCUT2D eigenvalue weighted by Gasteiger charge is -2.38. The van der Waals surface area contributed by atoms with Gasteiger partial charge >= 0.3 is 0 Å². The van der Waals surface area contributed by atoms with E-state index in [1.807, 2.05) is 6.92 Å². The van der Waals surface area contributed by atoms with Gasteiger partial charge in [0.25, 0.3) is 0 Å². The second-order valence-electron chi connectivity index (χ2n) is 7.41. The van der Waals surface area contributed by atoms with Gasteiger partial charge in [0.15, 0.2) is 0 Å². The van der Waals surface area contributed by atoms with Crippen LogP contribution in [0.2, 0.25) is 0 Å². The van der Waals surface area contributed by atoms with Crippen molar-refractivity contribution in [3.63, 3.8) is 0 Å². The van der Waals surface area contributed by atoms with Gasteiger partial charge < -0.3 is 15.3 Å².